The predicted molar refractivity (Wildman–Crippen MR) is 76.1 cm³/mol. The number of halogens is 3. The predicted octanol–water partition coefficient (Wildman–Crippen LogP) is 0.804. The van der Waals surface area contributed by atoms with Crippen LogP contribution in [0.1, 0.15) is 31.5 Å². The lowest BCUT2D eigenvalue weighted by Crippen LogP contribution is -2.47. The van der Waals surface area contributed by atoms with E-state index in [9.17, 15) is 23.1 Å². The van der Waals surface area contributed by atoms with Gasteiger partial charge in [0.2, 0.25) is 11.5 Å². The monoisotopic (exact) mass is 334 g/mol. The van der Waals surface area contributed by atoms with Crippen molar-refractivity contribution in [3.8, 4) is 0 Å². The minimum absolute atomic E-state index is 0.258. The van der Waals surface area contributed by atoms with Crippen molar-refractivity contribution >= 4 is 5.91 Å². The molecule has 130 valence electrons. The fourth-order valence-corrected chi connectivity index (χ4v) is 2.96. The number of nitrogens with two attached hydrogens (primary N) is 1. The molecule has 0 aromatic carbocycles. The van der Waals surface area contributed by atoms with E-state index in [1.807, 2.05) is 0 Å². The van der Waals surface area contributed by atoms with E-state index >= 15 is 0 Å². The maximum absolute atomic E-state index is 13.3. The molecule has 9 heteroatoms. The number of imidazole rings is 1. The van der Waals surface area contributed by atoms with Gasteiger partial charge in [-0.05, 0) is 12.8 Å². The number of amides is 1. The number of aryl methyl sites for hydroxylation is 1. The first-order chi connectivity index (χ1) is 10.7. The Labute approximate surface area is 131 Å². The normalized spacial score (nSPS) is 24.4. The smallest absolute Gasteiger partial charge is 0.374 e. The molecule has 1 amide bonds. The number of hydrogen-bond acceptors (Lipinski definition) is 4. The number of aromatic nitrogens is 2. The lowest BCUT2D eigenvalue weighted by atomic mass is 9.97. The summed E-state index contributed by atoms with van der Waals surface area (Å²) < 4.78 is 41.0. The van der Waals surface area contributed by atoms with Crippen molar-refractivity contribution in [2.75, 3.05) is 6.54 Å². The van der Waals surface area contributed by atoms with E-state index in [0.717, 1.165) is 17.4 Å². The van der Waals surface area contributed by atoms with Gasteiger partial charge in [-0.25, -0.2) is 4.98 Å². The Morgan fingerprint density at radius 2 is 2.22 bits per heavy atom. The molecule has 0 unspecified atom stereocenters. The zero-order valence-electron chi connectivity index (χ0n) is 12.8. The molecular formula is C14H21F3N4O2. The number of rotatable bonds is 5. The Hall–Kier alpha value is -1.61. The Bertz CT molecular complexity index is 560. The average molecular weight is 334 g/mol. The summed E-state index contributed by atoms with van der Waals surface area (Å²) in [6, 6.07) is -0.258. The summed E-state index contributed by atoms with van der Waals surface area (Å²) in [6.07, 6.45) is -0.910. The molecule has 1 fully saturated rings. The molecule has 0 aliphatic heterocycles. The first-order valence-corrected chi connectivity index (χ1v) is 7.47. The molecule has 2 rings (SSSR count). The minimum atomic E-state index is -4.90. The molecule has 3 atom stereocenters. The molecule has 1 aromatic heterocycles. The van der Waals surface area contributed by atoms with Crippen molar-refractivity contribution in [3.63, 3.8) is 0 Å². The second kappa shape index (κ2) is 6.48. The topological polar surface area (TPSA) is 93.2 Å². The summed E-state index contributed by atoms with van der Waals surface area (Å²) >= 11 is 0. The van der Waals surface area contributed by atoms with Crippen LogP contribution in [0, 0.1) is 5.92 Å². The summed E-state index contributed by atoms with van der Waals surface area (Å²) in [5.41, 5.74) is 2.69. The summed E-state index contributed by atoms with van der Waals surface area (Å²) in [6.45, 7) is -0.315. The maximum Gasteiger partial charge on any atom is 0.424 e. The van der Waals surface area contributed by atoms with Crippen LogP contribution in [0.5, 0.6) is 0 Å². The molecule has 1 aliphatic carbocycles. The highest BCUT2D eigenvalue weighted by molar-refractivity contribution is 5.79. The van der Waals surface area contributed by atoms with Gasteiger partial charge < -0.3 is 20.7 Å². The summed E-state index contributed by atoms with van der Waals surface area (Å²) in [7, 11) is 1.37. The number of carbonyl (C=O) groups is 1. The van der Waals surface area contributed by atoms with Gasteiger partial charge in [-0.3, -0.25) is 4.79 Å². The molecule has 0 saturated heterocycles. The van der Waals surface area contributed by atoms with E-state index in [2.05, 4.69) is 10.3 Å². The number of nitrogens with one attached hydrogen (secondary N) is 1. The third-order valence-corrected chi connectivity index (χ3v) is 4.35. The van der Waals surface area contributed by atoms with Crippen molar-refractivity contribution in [2.45, 2.75) is 43.5 Å². The summed E-state index contributed by atoms with van der Waals surface area (Å²) in [4.78, 5) is 15.6. The van der Waals surface area contributed by atoms with E-state index in [1.165, 1.54) is 19.4 Å². The molecule has 0 radical (unpaired) electrons. The van der Waals surface area contributed by atoms with Crippen molar-refractivity contribution < 1.29 is 23.1 Å². The van der Waals surface area contributed by atoms with Gasteiger partial charge in [-0.2, -0.15) is 13.2 Å². The van der Waals surface area contributed by atoms with Crippen LogP contribution >= 0.6 is 0 Å². The standard InChI is InChI=1S/C14H21F3N4O2/c1-21-8-7-20-12(21)13(23,14(15,16)17)5-6-19-11(22)9-3-2-4-10(9)18/h7-10,23H,2-6,18H2,1H3,(H,19,22)/t9-,10+,13-/m1/s1. The minimum Gasteiger partial charge on any atom is -0.374 e. The highest BCUT2D eigenvalue weighted by Gasteiger charge is 2.57. The third kappa shape index (κ3) is 3.50. The Kier molecular flexibility index (Phi) is 5.00. The van der Waals surface area contributed by atoms with Crippen molar-refractivity contribution in [1.29, 1.82) is 0 Å². The van der Waals surface area contributed by atoms with Crippen molar-refractivity contribution in [1.82, 2.24) is 14.9 Å². The van der Waals surface area contributed by atoms with Gasteiger partial charge in [0.1, 0.15) is 5.82 Å². The Morgan fingerprint density at radius 1 is 1.52 bits per heavy atom. The van der Waals surface area contributed by atoms with Crippen LogP contribution in [-0.4, -0.2) is 39.3 Å². The van der Waals surface area contributed by atoms with Gasteiger partial charge in [-0.1, -0.05) is 6.42 Å². The van der Waals surface area contributed by atoms with Gasteiger partial charge in [0.05, 0.1) is 5.92 Å². The van der Waals surface area contributed by atoms with Gasteiger partial charge in [0.25, 0.3) is 0 Å². The second-order valence-corrected chi connectivity index (χ2v) is 5.96. The first kappa shape index (κ1) is 17.7. The van der Waals surface area contributed by atoms with Gasteiger partial charge in [0, 0.05) is 38.4 Å². The molecule has 1 saturated carbocycles. The number of alkyl halides is 3. The fourth-order valence-electron chi connectivity index (χ4n) is 2.96. The third-order valence-electron chi connectivity index (χ3n) is 4.35. The largest absolute Gasteiger partial charge is 0.424 e. The maximum atomic E-state index is 13.3. The number of aliphatic hydroxyl groups is 1. The molecule has 1 heterocycles. The zero-order valence-corrected chi connectivity index (χ0v) is 12.8. The summed E-state index contributed by atoms with van der Waals surface area (Å²) in [5.74, 6) is -1.24. The lowest BCUT2D eigenvalue weighted by Gasteiger charge is -2.30. The Balaban J connectivity index is 2.03. The number of carbonyl (C=O) groups excluding carboxylic acids is 1. The molecule has 0 bridgehead atoms. The lowest BCUT2D eigenvalue weighted by molar-refractivity contribution is -0.272. The Morgan fingerprint density at radius 3 is 2.70 bits per heavy atom. The summed E-state index contributed by atoms with van der Waals surface area (Å²) in [5, 5.41) is 12.6. The molecule has 23 heavy (non-hydrogen) atoms. The van der Waals surface area contributed by atoms with Crippen LogP contribution in [-0.2, 0) is 17.4 Å². The van der Waals surface area contributed by atoms with E-state index in [1.54, 1.807) is 0 Å². The second-order valence-electron chi connectivity index (χ2n) is 5.96. The van der Waals surface area contributed by atoms with Crippen LogP contribution in [0.3, 0.4) is 0 Å². The van der Waals surface area contributed by atoms with Gasteiger partial charge >= 0.3 is 6.18 Å². The van der Waals surface area contributed by atoms with E-state index in [4.69, 9.17) is 5.73 Å². The van der Waals surface area contributed by atoms with E-state index < -0.39 is 24.0 Å². The quantitative estimate of drug-likeness (QED) is 0.743. The molecule has 1 aromatic rings. The van der Waals surface area contributed by atoms with Crippen LogP contribution < -0.4 is 11.1 Å². The number of hydrogen-bond donors (Lipinski definition) is 3. The van der Waals surface area contributed by atoms with E-state index in [-0.39, 0.29) is 24.4 Å². The van der Waals surface area contributed by atoms with Crippen molar-refractivity contribution in [3.05, 3.63) is 18.2 Å². The van der Waals surface area contributed by atoms with Gasteiger partial charge in [0.15, 0.2) is 0 Å². The average Bonchev–Trinajstić information content (AvgIpc) is 3.05. The van der Waals surface area contributed by atoms with Crippen LogP contribution in [0.2, 0.25) is 0 Å². The first-order valence-electron chi connectivity index (χ1n) is 7.47. The number of nitrogens with zero attached hydrogens (tertiary/aromatic N) is 2. The van der Waals surface area contributed by atoms with E-state index in [0.29, 0.717) is 6.42 Å². The zero-order chi connectivity index (χ0) is 17.3. The van der Waals surface area contributed by atoms with Crippen LogP contribution in [0.15, 0.2) is 12.4 Å². The van der Waals surface area contributed by atoms with Crippen molar-refractivity contribution in [2.24, 2.45) is 18.7 Å². The molecule has 0 spiro atoms. The molecule has 1 aliphatic rings. The molecule has 4 N–H and O–H groups in total. The van der Waals surface area contributed by atoms with Crippen LogP contribution in [0.25, 0.3) is 0 Å². The SMILES string of the molecule is Cn1ccnc1[C@](O)(CCNC(=O)[C@@H]1CCC[C@@H]1N)C(F)(F)F. The molecular weight excluding hydrogens is 313 g/mol. The van der Waals surface area contributed by atoms with Gasteiger partial charge in [-0.15, -0.1) is 0 Å². The molecule has 6 nitrogen and oxygen atoms in total. The fraction of sp³-hybridized carbons (Fsp3) is 0.714. The highest BCUT2D eigenvalue weighted by atomic mass is 19.4. The highest BCUT2D eigenvalue weighted by Crippen LogP contribution is 2.40. The van der Waals surface area contributed by atoms with Crippen LogP contribution in [0.4, 0.5) is 13.2 Å².